The van der Waals surface area contributed by atoms with E-state index < -0.39 is 0 Å². The molecule has 0 fully saturated rings. The van der Waals surface area contributed by atoms with Crippen LogP contribution >= 0.6 is 0 Å². The summed E-state index contributed by atoms with van der Waals surface area (Å²) in [5.74, 6) is 0.558. The first-order chi connectivity index (χ1) is 14.6. The number of aromatic nitrogens is 2. The predicted molar refractivity (Wildman–Crippen MR) is 117 cm³/mol. The highest BCUT2D eigenvalue weighted by Crippen LogP contribution is 2.20. The molecule has 4 rings (SSSR count). The van der Waals surface area contributed by atoms with Crippen molar-refractivity contribution in [3.05, 3.63) is 119 Å². The second-order valence-corrected chi connectivity index (χ2v) is 6.99. The molecule has 148 valence electrons. The maximum Gasteiger partial charge on any atom is 0.255 e. The molecule has 0 radical (unpaired) electrons. The number of rotatable bonds is 6. The van der Waals surface area contributed by atoms with Gasteiger partial charge in [-0.25, -0.2) is 4.98 Å². The van der Waals surface area contributed by atoms with Crippen molar-refractivity contribution in [3.8, 4) is 0 Å². The number of nitrogens with one attached hydrogen (secondary N) is 1. The molecule has 0 atom stereocenters. The van der Waals surface area contributed by atoms with E-state index in [0.29, 0.717) is 28.9 Å². The zero-order chi connectivity index (χ0) is 20.9. The highest BCUT2D eigenvalue weighted by Gasteiger charge is 2.15. The molecule has 0 saturated carbocycles. The van der Waals surface area contributed by atoms with Crippen LogP contribution < -0.4 is 5.32 Å². The Bertz CT molecular complexity index is 1180. The molecular weight excluding hydrogens is 374 g/mol. The van der Waals surface area contributed by atoms with E-state index in [-0.39, 0.29) is 11.7 Å². The molecule has 0 aliphatic rings. The van der Waals surface area contributed by atoms with Crippen LogP contribution in [0.5, 0.6) is 0 Å². The molecule has 30 heavy (non-hydrogen) atoms. The summed E-state index contributed by atoms with van der Waals surface area (Å²) in [7, 11) is 0. The molecule has 0 aliphatic heterocycles. The fraction of sp³-hybridized carbons (Fsp3) is 0.0800. The molecule has 5 nitrogen and oxygen atoms in total. The van der Waals surface area contributed by atoms with Crippen molar-refractivity contribution < 1.29 is 9.59 Å². The lowest BCUT2D eigenvalue weighted by atomic mass is 10.0. The van der Waals surface area contributed by atoms with Crippen molar-refractivity contribution >= 4 is 17.4 Å². The number of benzene rings is 3. The van der Waals surface area contributed by atoms with Gasteiger partial charge < -0.3 is 9.88 Å². The van der Waals surface area contributed by atoms with Gasteiger partial charge in [0, 0.05) is 35.6 Å². The largest absolute Gasteiger partial charge is 0.331 e. The number of hydrogen-bond acceptors (Lipinski definition) is 3. The average molecular weight is 395 g/mol. The van der Waals surface area contributed by atoms with Gasteiger partial charge in [0.25, 0.3) is 5.91 Å². The third-order valence-corrected chi connectivity index (χ3v) is 4.95. The summed E-state index contributed by atoms with van der Waals surface area (Å²) in [6, 6.07) is 23.5. The van der Waals surface area contributed by atoms with Gasteiger partial charge in [0.05, 0.1) is 5.69 Å². The van der Waals surface area contributed by atoms with E-state index in [9.17, 15) is 9.59 Å². The fourth-order valence-electron chi connectivity index (χ4n) is 3.26. The first kappa shape index (κ1) is 19.3. The van der Waals surface area contributed by atoms with E-state index >= 15 is 0 Å². The Morgan fingerprint density at radius 3 is 2.27 bits per heavy atom. The van der Waals surface area contributed by atoms with Gasteiger partial charge in [-0.1, -0.05) is 54.6 Å². The maximum atomic E-state index is 12.8. The lowest BCUT2D eigenvalue weighted by molar-refractivity contribution is 0.102. The van der Waals surface area contributed by atoms with Gasteiger partial charge in [0.2, 0.25) is 0 Å². The minimum Gasteiger partial charge on any atom is -0.331 e. The lowest BCUT2D eigenvalue weighted by Gasteiger charge is -2.11. The summed E-state index contributed by atoms with van der Waals surface area (Å²) in [5, 5.41) is 2.88. The highest BCUT2D eigenvalue weighted by molar-refractivity contribution is 6.15. The lowest BCUT2D eigenvalue weighted by Crippen LogP contribution is -2.15. The van der Waals surface area contributed by atoms with Crippen LogP contribution in [0.3, 0.4) is 0 Å². The normalized spacial score (nSPS) is 10.6. The number of amides is 1. The monoisotopic (exact) mass is 395 g/mol. The molecule has 0 aliphatic carbocycles. The summed E-state index contributed by atoms with van der Waals surface area (Å²) < 4.78 is 2.04. The van der Waals surface area contributed by atoms with Gasteiger partial charge >= 0.3 is 0 Å². The smallest absolute Gasteiger partial charge is 0.255 e. The van der Waals surface area contributed by atoms with Gasteiger partial charge in [-0.2, -0.15) is 0 Å². The van der Waals surface area contributed by atoms with Crippen LogP contribution in [-0.4, -0.2) is 21.2 Å². The molecular formula is C25H21N3O2. The van der Waals surface area contributed by atoms with Crippen LogP contribution in [0.15, 0.2) is 91.3 Å². The number of nitrogens with zero attached hydrogens (tertiary/aromatic N) is 2. The first-order valence-electron chi connectivity index (χ1n) is 9.68. The van der Waals surface area contributed by atoms with Gasteiger partial charge in [0.1, 0.15) is 5.82 Å². The minimum atomic E-state index is -0.256. The Kier molecular flexibility index (Phi) is 5.52. The summed E-state index contributed by atoms with van der Waals surface area (Å²) >= 11 is 0. The Hall–Kier alpha value is -3.99. The Morgan fingerprint density at radius 2 is 1.57 bits per heavy atom. The van der Waals surface area contributed by atoms with Crippen LogP contribution in [0.2, 0.25) is 0 Å². The van der Waals surface area contributed by atoms with Gasteiger partial charge in [-0.3, -0.25) is 9.59 Å². The number of carbonyl (C=O) groups is 2. The van der Waals surface area contributed by atoms with E-state index in [1.807, 2.05) is 48.0 Å². The van der Waals surface area contributed by atoms with Crippen LogP contribution in [0.25, 0.3) is 0 Å². The van der Waals surface area contributed by atoms with E-state index in [0.717, 1.165) is 11.4 Å². The van der Waals surface area contributed by atoms with Gasteiger partial charge in [-0.05, 0) is 36.8 Å². The number of aryl methyl sites for hydroxylation is 1. The van der Waals surface area contributed by atoms with Crippen LogP contribution in [0.1, 0.15) is 37.7 Å². The molecule has 0 saturated heterocycles. The standard InChI is InChI=1S/C25H21N3O2/c1-18-26-15-16-28(18)17-19-11-13-21(14-12-19)25(30)27-23-10-6-5-9-22(23)24(29)20-7-3-2-4-8-20/h2-16H,17H2,1H3,(H,27,30). The third kappa shape index (κ3) is 4.20. The van der Waals surface area contributed by atoms with Gasteiger partial charge in [0.15, 0.2) is 5.78 Å². The Morgan fingerprint density at radius 1 is 0.867 bits per heavy atom. The van der Waals surface area contributed by atoms with Crippen molar-refractivity contribution in [1.82, 2.24) is 9.55 Å². The molecule has 0 spiro atoms. The van der Waals surface area contributed by atoms with Crippen LogP contribution in [-0.2, 0) is 6.54 Å². The second kappa shape index (κ2) is 8.57. The number of imidazole rings is 1. The summed E-state index contributed by atoms with van der Waals surface area (Å²) in [5.41, 5.74) is 3.15. The van der Waals surface area contributed by atoms with E-state index in [1.165, 1.54) is 0 Å². The summed E-state index contributed by atoms with van der Waals surface area (Å²) in [6.07, 6.45) is 3.70. The molecule has 0 bridgehead atoms. The van der Waals surface area contributed by atoms with Crippen molar-refractivity contribution in [2.45, 2.75) is 13.5 Å². The molecule has 5 heteroatoms. The van der Waals surface area contributed by atoms with Crippen LogP contribution in [0, 0.1) is 6.92 Å². The van der Waals surface area contributed by atoms with Crippen molar-refractivity contribution in [2.75, 3.05) is 5.32 Å². The molecule has 1 aromatic heterocycles. The fourth-order valence-corrected chi connectivity index (χ4v) is 3.26. The molecule has 1 amide bonds. The van der Waals surface area contributed by atoms with E-state index in [2.05, 4.69) is 10.3 Å². The zero-order valence-electron chi connectivity index (χ0n) is 16.6. The molecule has 4 aromatic rings. The average Bonchev–Trinajstić information content (AvgIpc) is 3.19. The molecule has 3 aromatic carbocycles. The quantitative estimate of drug-likeness (QED) is 0.480. The third-order valence-electron chi connectivity index (χ3n) is 4.95. The molecule has 1 N–H and O–H groups in total. The number of hydrogen-bond donors (Lipinski definition) is 1. The summed E-state index contributed by atoms with van der Waals surface area (Å²) in [4.78, 5) is 29.8. The Balaban J connectivity index is 1.50. The van der Waals surface area contributed by atoms with E-state index in [1.54, 1.807) is 54.7 Å². The first-order valence-corrected chi connectivity index (χ1v) is 9.68. The second-order valence-electron chi connectivity index (χ2n) is 6.99. The number of anilines is 1. The van der Waals surface area contributed by atoms with E-state index in [4.69, 9.17) is 0 Å². The number of ketones is 1. The van der Waals surface area contributed by atoms with Crippen LogP contribution in [0.4, 0.5) is 5.69 Å². The Labute approximate surface area is 175 Å². The maximum absolute atomic E-state index is 12.8. The zero-order valence-corrected chi connectivity index (χ0v) is 16.6. The number of carbonyl (C=O) groups excluding carboxylic acids is 2. The predicted octanol–water partition coefficient (Wildman–Crippen LogP) is 4.72. The minimum absolute atomic E-state index is 0.127. The molecule has 0 unspecified atom stereocenters. The van der Waals surface area contributed by atoms with Crippen molar-refractivity contribution in [3.63, 3.8) is 0 Å². The number of para-hydroxylation sites is 1. The topological polar surface area (TPSA) is 64.0 Å². The molecule has 1 heterocycles. The summed E-state index contributed by atoms with van der Waals surface area (Å²) in [6.45, 7) is 2.65. The van der Waals surface area contributed by atoms with Crippen molar-refractivity contribution in [1.29, 1.82) is 0 Å². The highest BCUT2D eigenvalue weighted by atomic mass is 16.1. The van der Waals surface area contributed by atoms with Crippen molar-refractivity contribution in [2.24, 2.45) is 0 Å². The SMILES string of the molecule is Cc1nccn1Cc1ccc(C(=O)Nc2ccccc2C(=O)c2ccccc2)cc1. The van der Waals surface area contributed by atoms with Gasteiger partial charge in [-0.15, -0.1) is 0 Å².